The van der Waals surface area contributed by atoms with E-state index in [0.29, 0.717) is 0 Å². The Kier molecular flexibility index (Phi) is 3.68. The highest BCUT2D eigenvalue weighted by Crippen LogP contribution is 2.32. The van der Waals surface area contributed by atoms with Crippen molar-refractivity contribution in [3.8, 4) is 11.5 Å². The van der Waals surface area contributed by atoms with Crippen LogP contribution < -0.4 is 0 Å². The number of phenols is 2. The van der Waals surface area contributed by atoms with Crippen molar-refractivity contribution in [3.05, 3.63) is 42.5 Å². The number of nitrogens with zero attached hydrogens (tertiary/aromatic N) is 2. The molecule has 0 aliphatic heterocycles. The van der Waals surface area contributed by atoms with Gasteiger partial charge in [-0.05, 0) is 24.3 Å². The van der Waals surface area contributed by atoms with Crippen molar-refractivity contribution in [2.75, 3.05) is 0 Å². The number of hydrogen-bond donors (Lipinski definition) is 3. The molecule has 104 valence electrons. The topological polar surface area (TPSA) is 120 Å². The predicted molar refractivity (Wildman–Crippen MR) is 70.2 cm³/mol. The highest BCUT2D eigenvalue weighted by atomic mass is 32.2. The van der Waals surface area contributed by atoms with Gasteiger partial charge in [0.15, 0.2) is 0 Å². The predicted octanol–water partition coefficient (Wildman–Crippen LogP) is 2.76. The molecule has 2 aromatic carbocycles. The molecule has 7 nitrogen and oxygen atoms in total. The van der Waals surface area contributed by atoms with Crippen LogP contribution in [0.1, 0.15) is 0 Å². The van der Waals surface area contributed by atoms with E-state index in [1.165, 1.54) is 36.4 Å². The number of benzene rings is 2. The third-order valence-electron chi connectivity index (χ3n) is 2.37. The Bertz CT molecular complexity index is 771. The summed E-state index contributed by atoms with van der Waals surface area (Å²) >= 11 is 0. The summed E-state index contributed by atoms with van der Waals surface area (Å²) in [5.74, 6) is -0.446. The summed E-state index contributed by atoms with van der Waals surface area (Å²) < 4.78 is 31.3. The first-order chi connectivity index (χ1) is 9.38. The van der Waals surface area contributed by atoms with Crippen molar-refractivity contribution in [1.82, 2.24) is 0 Å². The van der Waals surface area contributed by atoms with Crippen molar-refractivity contribution in [2.45, 2.75) is 4.90 Å². The summed E-state index contributed by atoms with van der Waals surface area (Å²) in [5.41, 5.74) is -0.0181. The molecule has 0 unspecified atom stereocenters. The van der Waals surface area contributed by atoms with Crippen LogP contribution in [0.2, 0.25) is 0 Å². The smallest absolute Gasteiger partial charge is 0.296 e. The Hall–Kier alpha value is -2.45. The molecule has 0 aromatic heterocycles. The molecule has 8 heteroatoms. The summed E-state index contributed by atoms with van der Waals surface area (Å²) in [6.45, 7) is 0. The van der Waals surface area contributed by atoms with E-state index in [0.717, 1.165) is 6.07 Å². The van der Waals surface area contributed by atoms with Crippen LogP contribution >= 0.6 is 0 Å². The zero-order chi connectivity index (χ0) is 14.8. The third-order valence-corrected chi connectivity index (χ3v) is 3.27. The van der Waals surface area contributed by atoms with Gasteiger partial charge in [-0.3, -0.25) is 4.55 Å². The Morgan fingerprint density at radius 1 is 0.900 bits per heavy atom. The fraction of sp³-hybridized carbons (Fsp3) is 0. The molecular weight excluding hydrogens is 284 g/mol. The lowest BCUT2D eigenvalue weighted by Gasteiger charge is -2.01. The van der Waals surface area contributed by atoms with Crippen LogP contribution in [0, 0.1) is 0 Å². The van der Waals surface area contributed by atoms with E-state index in [9.17, 15) is 13.5 Å². The first kappa shape index (κ1) is 14.0. The average Bonchev–Trinajstić information content (AvgIpc) is 2.37. The van der Waals surface area contributed by atoms with Gasteiger partial charge in [-0.25, -0.2) is 0 Å². The van der Waals surface area contributed by atoms with Gasteiger partial charge in [0.1, 0.15) is 27.8 Å². The molecule has 2 aromatic rings. The molecule has 0 aliphatic carbocycles. The lowest BCUT2D eigenvalue weighted by atomic mass is 10.3. The molecular formula is C12H10N2O5S. The number of hydrogen-bond acceptors (Lipinski definition) is 6. The molecule has 3 N–H and O–H groups in total. The van der Waals surface area contributed by atoms with Gasteiger partial charge in [0.25, 0.3) is 10.1 Å². The largest absolute Gasteiger partial charge is 0.508 e. The minimum Gasteiger partial charge on any atom is -0.508 e. The summed E-state index contributed by atoms with van der Waals surface area (Å²) in [4.78, 5) is -0.387. The summed E-state index contributed by atoms with van der Waals surface area (Å²) in [6, 6.07) is 9.17. The van der Waals surface area contributed by atoms with E-state index < -0.39 is 10.1 Å². The normalized spacial score (nSPS) is 11.8. The second-order valence-corrected chi connectivity index (χ2v) is 5.21. The van der Waals surface area contributed by atoms with Crippen LogP contribution in [0.4, 0.5) is 11.4 Å². The van der Waals surface area contributed by atoms with Gasteiger partial charge in [-0.1, -0.05) is 12.1 Å². The van der Waals surface area contributed by atoms with Crippen molar-refractivity contribution < 1.29 is 23.2 Å². The van der Waals surface area contributed by atoms with E-state index in [2.05, 4.69) is 10.2 Å². The second-order valence-electron chi connectivity index (χ2n) is 3.82. The summed E-state index contributed by atoms with van der Waals surface area (Å²) in [5, 5.41) is 26.0. The molecule has 0 heterocycles. The zero-order valence-corrected chi connectivity index (χ0v) is 10.8. The van der Waals surface area contributed by atoms with E-state index in [1.54, 1.807) is 0 Å². The Labute approximate surface area is 114 Å². The van der Waals surface area contributed by atoms with Crippen LogP contribution in [0.5, 0.6) is 11.5 Å². The van der Waals surface area contributed by atoms with Crippen LogP contribution in [-0.4, -0.2) is 23.2 Å². The number of aromatic hydroxyl groups is 2. The van der Waals surface area contributed by atoms with E-state index in [-0.39, 0.29) is 27.8 Å². The minimum absolute atomic E-state index is 0.0490. The lowest BCUT2D eigenvalue weighted by Crippen LogP contribution is -1.97. The second kappa shape index (κ2) is 5.27. The maximum atomic E-state index is 11.1. The fourth-order valence-electron chi connectivity index (χ4n) is 1.46. The Morgan fingerprint density at radius 3 is 2.20 bits per heavy atom. The molecule has 0 bridgehead atoms. The average molecular weight is 294 g/mol. The number of azo groups is 1. The van der Waals surface area contributed by atoms with Gasteiger partial charge < -0.3 is 10.2 Å². The van der Waals surface area contributed by atoms with Crippen molar-refractivity contribution in [2.24, 2.45) is 10.2 Å². The molecule has 0 fully saturated rings. The Balaban J connectivity index is 2.42. The summed E-state index contributed by atoms with van der Waals surface area (Å²) in [7, 11) is -4.41. The fourth-order valence-corrected chi connectivity index (χ4v) is 2.09. The zero-order valence-electron chi connectivity index (χ0n) is 10.0. The first-order valence-electron chi connectivity index (χ1n) is 5.38. The van der Waals surface area contributed by atoms with E-state index >= 15 is 0 Å². The molecule has 0 radical (unpaired) electrons. The molecule has 0 amide bonds. The lowest BCUT2D eigenvalue weighted by molar-refractivity contribution is 0.451. The van der Waals surface area contributed by atoms with Gasteiger partial charge in [0, 0.05) is 6.07 Å². The molecule has 0 saturated heterocycles. The first-order valence-corrected chi connectivity index (χ1v) is 6.82. The highest BCUT2D eigenvalue weighted by Gasteiger charge is 2.14. The van der Waals surface area contributed by atoms with Crippen molar-refractivity contribution >= 4 is 21.5 Å². The molecule has 0 spiro atoms. The van der Waals surface area contributed by atoms with Gasteiger partial charge >= 0.3 is 0 Å². The van der Waals surface area contributed by atoms with Crippen molar-refractivity contribution in [3.63, 3.8) is 0 Å². The van der Waals surface area contributed by atoms with Crippen LogP contribution in [-0.2, 0) is 10.1 Å². The molecule has 20 heavy (non-hydrogen) atoms. The van der Waals surface area contributed by atoms with Gasteiger partial charge in [0.2, 0.25) is 0 Å². The SMILES string of the molecule is O=S(=O)(O)c1ccccc1N=Nc1ccc(O)cc1O. The molecule has 0 aliphatic rings. The standard InChI is InChI=1S/C12H10N2O5S/c15-8-5-6-9(11(16)7-8)13-14-10-3-1-2-4-12(10)20(17,18)19/h1-7,15-16H,(H,17,18,19). The van der Waals surface area contributed by atoms with Gasteiger partial charge in [0.05, 0.1) is 0 Å². The molecule has 0 saturated carbocycles. The van der Waals surface area contributed by atoms with Crippen LogP contribution in [0.3, 0.4) is 0 Å². The van der Waals surface area contributed by atoms with Crippen molar-refractivity contribution in [1.29, 1.82) is 0 Å². The number of phenolic OH excluding ortho intramolecular Hbond substituents is 2. The van der Waals surface area contributed by atoms with Crippen LogP contribution in [0.25, 0.3) is 0 Å². The quantitative estimate of drug-likeness (QED) is 0.594. The maximum absolute atomic E-state index is 11.1. The minimum atomic E-state index is -4.41. The highest BCUT2D eigenvalue weighted by molar-refractivity contribution is 7.86. The molecule has 0 atom stereocenters. The van der Waals surface area contributed by atoms with E-state index in [1.807, 2.05) is 0 Å². The van der Waals surface area contributed by atoms with Gasteiger partial charge in [-0.15, -0.1) is 10.2 Å². The number of rotatable bonds is 3. The van der Waals surface area contributed by atoms with Crippen LogP contribution in [0.15, 0.2) is 57.6 Å². The Morgan fingerprint density at radius 2 is 1.55 bits per heavy atom. The van der Waals surface area contributed by atoms with E-state index in [4.69, 9.17) is 9.66 Å². The monoisotopic (exact) mass is 294 g/mol. The third kappa shape index (κ3) is 3.11. The maximum Gasteiger partial charge on any atom is 0.296 e. The summed E-state index contributed by atoms with van der Waals surface area (Å²) in [6.07, 6.45) is 0. The van der Waals surface area contributed by atoms with Gasteiger partial charge in [-0.2, -0.15) is 8.42 Å². The molecule has 2 rings (SSSR count).